The van der Waals surface area contributed by atoms with Gasteiger partial charge in [0.15, 0.2) is 6.61 Å². The third-order valence-corrected chi connectivity index (χ3v) is 4.63. The Bertz CT molecular complexity index is 1130. The number of carbonyl (C=O) groups excluding carboxylic acids is 2. The number of nitriles is 1. The standard InChI is InChI=1S/C23H17ClFN3O3/c24-21-16(12-26)6-7-17(13-27-23(30)15-4-2-1-3-5-15)22(21)31-14-20(29)28-19-10-8-18(25)9-11-19/h1-11H,13-14H2,(H,27,30)(H,28,29). The van der Waals surface area contributed by atoms with Crippen molar-refractivity contribution < 1.29 is 18.7 Å². The minimum atomic E-state index is -0.496. The molecule has 2 amide bonds. The number of ether oxygens (including phenoxy) is 1. The molecule has 31 heavy (non-hydrogen) atoms. The monoisotopic (exact) mass is 437 g/mol. The fourth-order valence-corrected chi connectivity index (χ4v) is 2.99. The van der Waals surface area contributed by atoms with Crippen LogP contribution in [0.25, 0.3) is 0 Å². The second-order valence-electron chi connectivity index (χ2n) is 6.42. The number of nitrogens with one attached hydrogen (secondary N) is 2. The number of benzene rings is 3. The lowest BCUT2D eigenvalue weighted by Gasteiger charge is -2.15. The lowest BCUT2D eigenvalue weighted by atomic mass is 10.1. The summed E-state index contributed by atoms with van der Waals surface area (Å²) in [4.78, 5) is 24.5. The summed E-state index contributed by atoms with van der Waals surface area (Å²) in [6.07, 6.45) is 0. The zero-order valence-corrected chi connectivity index (χ0v) is 16.9. The number of hydrogen-bond donors (Lipinski definition) is 2. The fourth-order valence-electron chi connectivity index (χ4n) is 2.71. The molecule has 0 fully saturated rings. The zero-order valence-electron chi connectivity index (χ0n) is 16.2. The predicted octanol–water partition coefficient (Wildman–Crippen LogP) is 4.30. The van der Waals surface area contributed by atoms with Gasteiger partial charge in [0, 0.05) is 23.4 Å². The Labute approximate surface area is 183 Å². The van der Waals surface area contributed by atoms with Crippen LogP contribution in [-0.4, -0.2) is 18.4 Å². The van der Waals surface area contributed by atoms with Crippen LogP contribution in [0, 0.1) is 17.1 Å². The van der Waals surface area contributed by atoms with Gasteiger partial charge in [0.05, 0.1) is 5.56 Å². The molecule has 0 saturated heterocycles. The summed E-state index contributed by atoms with van der Waals surface area (Å²) in [7, 11) is 0. The van der Waals surface area contributed by atoms with Gasteiger partial charge in [0.25, 0.3) is 11.8 Å². The summed E-state index contributed by atoms with van der Waals surface area (Å²) in [6.45, 7) is -0.320. The first-order valence-electron chi connectivity index (χ1n) is 9.21. The first-order valence-corrected chi connectivity index (χ1v) is 9.58. The molecule has 6 nitrogen and oxygen atoms in total. The molecular formula is C23H17ClFN3O3. The normalized spacial score (nSPS) is 10.1. The van der Waals surface area contributed by atoms with E-state index in [0.29, 0.717) is 16.8 Å². The summed E-state index contributed by atoms with van der Waals surface area (Å²) in [6, 6.07) is 19.0. The zero-order chi connectivity index (χ0) is 22.2. The summed E-state index contributed by atoms with van der Waals surface area (Å²) in [5.74, 6) is -1.08. The molecule has 0 spiro atoms. The number of nitrogens with zero attached hydrogens (tertiary/aromatic N) is 1. The van der Waals surface area contributed by atoms with Crippen LogP contribution in [0.15, 0.2) is 66.7 Å². The number of amides is 2. The Balaban J connectivity index is 1.70. The van der Waals surface area contributed by atoms with E-state index in [9.17, 15) is 19.2 Å². The molecule has 0 aliphatic rings. The Morgan fingerprint density at radius 2 is 1.74 bits per heavy atom. The van der Waals surface area contributed by atoms with Gasteiger partial charge in [0.1, 0.15) is 22.7 Å². The average Bonchev–Trinajstić information content (AvgIpc) is 2.79. The molecule has 0 aliphatic carbocycles. The minimum Gasteiger partial charge on any atom is -0.482 e. The molecule has 0 heterocycles. The van der Waals surface area contributed by atoms with Crippen molar-refractivity contribution in [1.82, 2.24) is 5.32 Å². The Kier molecular flexibility index (Phi) is 7.20. The lowest BCUT2D eigenvalue weighted by molar-refractivity contribution is -0.118. The minimum absolute atomic E-state index is 0.0449. The van der Waals surface area contributed by atoms with Gasteiger partial charge >= 0.3 is 0 Å². The van der Waals surface area contributed by atoms with E-state index in [1.165, 1.54) is 30.3 Å². The van der Waals surface area contributed by atoms with E-state index in [2.05, 4.69) is 10.6 Å². The highest BCUT2D eigenvalue weighted by molar-refractivity contribution is 6.33. The van der Waals surface area contributed by atoms with Crippen LogP contribution in [-0.2, 0) is 11.3 Å². The van der Waals surface area contributed by atoms with Crippen LogP contribution in [0.2, 0.25) is 5.02 Å². The van der Waals surface area contributed by atoms with Crippen molar-refractivity contribution in [3.63, 3.8) is 0 Å². The Morgan fingerprint density at radius 3 is 2.42 bits per heavy atom. The van der Waals surface area contributed by atoms with Crippen LogP contribution >= 0.6 is 11.6 Å². The molecule has 8 heteroatoms. The molecule has 0 aromatic heterocycles. The van der Waals surface area contributed by atoms with Gasteiger partial charge in [0.2, 0.25) is 0 Å². The number of rotatable bonds is 7. The third-order valence-electron chi connectivity index (χ3n) is 4.25. The van der Waals surface area contributed by atoms with E-state index in [0.717, 1.165) is 0 Å². The van der Waals surface area contributed by atoms with Crippen molar-refractivity contribution in [2.24, 2.45) is 0 Å². The SMILES string of the molecule is N#Cc1ccc(CNC(=O)c2ccccc2)c(OCC(=O)Nc2ccc(F)cc2)c1Cl. The fraction of sp³-hybridized carbons (Fsp3) is 0.0870. The van der Waals surface area contributed by atoms with E-state index >= 15 is 0 Å². The number of carbonyl (C=O) groups is 2. The van der Waals surface area contributed by atoms with Crippen LogP contribution in [0.3, 0.4) is 0 Å². The van der Waals surface area contributed by atoms with E-state index in [1.54, 1.807) is 36.4 Å². The third kappa shape index (κ3) is 5.81. The first kappa shape index (κ1) is 21.8. The second kappa shape index (κ2) is 10.2. The second-order valence-corrected chi connectivity index (χ2v) is 6.80. The Morgan fingerprint density at radius 1 is 1.03 bits per heavy atom. The van der Waals surface area contributed by atoms with E-state index < -0.39 is 18.3 Å². The lowest BCUT2D eigenvalue weighted by Crippen LogP contribution is -2.24. The van der Waals surface area contributed by atoms with Crippen LogP contribution in [0.1, 0.15) is 21.5 Å². The molecule has 3 aromatic carbocycles. The summed E-state index contributed by atoms with van der Waals surface area (Å²) in [5.41, 5.74) is 1.57. The highest BCUT2D eigenvalue weighted by Crippen LogP contribution is 2.32. The van der Waals surface area contributed by atoms with E-state index in [1.807, 2.05) is 6.07 Å². The Hall–Kier alpha value is -3.89. The van der Waals surface area contributed by atoms with Gasteiger partial charge in [-0.05, 0) is 42.5 Å². The van der Waals surface area contributed by atoms with E-state index in [-0.39, 0.29) is 28.8 Å². The van der Waals surface area contributed by atoms with Gasteiger partial charge < -0.3 is 15.4 Å². The predicted molar refractivity (Wildman–Crippen MR) is 114 cm³/mol. The topological polar surface area (TPSA) is 91.2 Å². The maximum Gasteiger partial charge on any atom is 0.262 e. The molecule has 3 aromatic rings. The van der Waals surface area contributed by atoms with Crippen molar-refractivity contribution in [2.75, 3.05) is 11.9 Å². The molecule has 0 radical (unpaired) electrons. The number of hydrogen-bond acceptors (Lipinski definition) is 4. The van der Waals surface area contributed by atoms with Crippen molar-refractivity contribution in [2.45, 2.75) is 6.54 Å². The quantitative estimate of drug-likeness (QED) is 0.576. The average molecular weight is 438 g/mol. The summed E-state index contributed by atoms with van der Waals surface area (Å²) < 4.78 is 18.6. The molecule has 0 atom stereocenters. The molecule has 0 bridgehead atoms. The smallest absolute Gasteiger partial charge is 0.262 e. The maximum atomic E-state index is 13.0. The molecule has 0 unspecified atom stereocenters. The first-order chi connectivity index (χ1) is 15.0. The highest BCUT2D eigenvalue weighted by atomic mass is 35.5. The summed E-state index contributed by atoms with van der Waals surface area (Å²) >= 11 is 6.27. The summed E-state index contributed by atoms with van der Waals surface area (Å²) in [5, 5.41) is 14.6. The van der Waals surface area contributed by atoms with Gasteiger partial charge in [-0.25, -0.2) is 4.39 Å². The van der Waals surface area contributed by atoms with Crippen molar-refractivity contribution in [1.29, 1.82) is 5.26 Å². The number of anilines is 1. The highest BCUT2D eigenvalue weighted by Gasteiger charge is 2.16. The molecule has 0 saturated carbocycles. The molecule has 3 rings (SSSR count). The van der Waals surface area contributed by atoms with Crippen LogP contribution in [0.5, 0.6) is 5.75 Å². The van der Waals surface area contributed by atoms with Crippen molar-refractivity contribution >= 4 is 29.1 Å². The molecular weight excluding hydrogens is 421 g/mol. The van der Waals surface area contributed by atoms with Crippen molar-refractivity contribution in [3.05, 3.63) is 94.3 Å². The van der Waals surface area contributed by atoms with Gasteiger partial charge in [-0.2, -0.15) is 5.26 Å². The van der Waals surface area contributed by atoms with Crippen LogP contribution < -0.4 is 15.4 Å². The van der Waals surface area contributed by atoms with Crippen LogP contribution in [0.4, 0.5) is 10.1 Å². The molecule has 2 N–H and O–H groups in total. The van der Waals surface area contributed by atoms with Gasteiger partial charge in [-0.3, -0.25) is 9.59 Å². The van der Waals surface area contributed by atoms with Crippen molar-refractivity contribution in [3.8, 4) is 11.8 Å². The maximum absolute atomic E-state index is 13.0. The number of halogens is 2. The van der Waals surface area contributed by atoms with Gasteiger partial charge in [-0.15, -0.1) is 0 Å². The van der Waals surface area contributed by atoms with Gasteiger partial charge in [-0.1, -0.05) is 35.9 Å². The molecule has 0 aliphatic heterocycles. The largest absolute Gasteiger partial charge is 0.482 e. The molecule has 156 valence electrons. The van der Waals surface area contributed by atoms with E-state index in [4.69, 9.17) is 16.3 Å².